The van der Waals surface area contributed by atoms with Crippen LogP contribution in [0.1, 0.15) is 13.8 Å². The standard InChI is InChI=1S/C13H13BrN2O4S2/c1-3-16-10-5-4-9(14)6-11(10)21-13(16)15-12(18)7-22(19,20)8(2)17/h4-6H,3,7H2,1-2H3. The Kier molecular flexibility index (Phi) is 4.98. The number of aryl methyl sites for hydroxylation is 1. The van der Waals surface area contributed by atoms with Crippen LogP contribution in [0.5, 0.6) is 0 Å². The Morgan fingerprint density at radius 1 is 1.36 bits per heavy atom. The van der Waals surface area contributed by atoms with E-state index < -0.39 is 26.6 Å². The number of carbonyl (C=O) groups excluding carboxylic acids is 2. The van der Waals surface area contributed by atoms with E-state index in [-0.39, 0.29) is 0 Å². The first-order chi connectivity index (χ1) is 10.2. The molecule has 0 fully saturated rings. The number of nitrogens with zero attached hydrogens (tertiary/aromatic N) is 2. The van der Waals surface area contributed by atoms with Gasteiger partial charge >= 0.3 is 0 Å². The van der Waals surface area contributed by atoms with Gasteiger partial charge in [0.05, 0.1) is 10.2 Å². The van der Waals surface area contributed by atoms with E-state index in [1.165, 1.54) is 11.3 Å². The summed E-state index contributed by atoms with van der Waals surface area (Å²) in [6.45, 7) is 3.42. The lowest BCUT2D eigenvalue weighted by Gasteiger charge is -2.00. The average Bonchev–Trinajstić information content (AvgIpc) is 2.73. The molecule has 6 nitrogen and oxygen atoms in total. The Balaban J connectivity index is 2.50. The fraction of sp³-hybridized carbons (Fsp3) is 0.308. The molecule has 0 radical (unpaired) electrons. The highest BCUT2D eigenvalue weighted by Gasteiger charge is 2.21. The molecular weight excluding hydrogens is 392 g/mol. The largest absolute Gasteiger partial charge is 0.317 e. The molecule has 1 aromatic heterocycles. The van der Waals surface area contributed by atoms with Crippen molar-refractivity contribution in [3.8, 4) is 0 Å². The maximum atomic E-state index is 11.8. The lowest BCUT2D eigenvalue weighted by atomic mass is 10.3. The molecular formula is C13H13BrN2O4S2. The molecule has 0 saturated carbocycles. The minimum absolute atomic E-state index is 0.416. The summed E-state index contributed by atoms with van der Waals surface area (Å²) in [6.07, 6.45) is 0. The summed E-state index contributed by atoms with van der Waals surface area (Å²) >= 11 is 4.67. The number of halogens is 1. The van der Waals surface area contributed by atoms with Gasteiger partial charge in [-0.25, -0.2) is 8.42 Å². The number of sulfone groups is 1. The summed E-state index contributed by atoms with van der Waals surface area (Å²) in [7, 11) is -4.07. The van der Waals surface area contributed by atoms with Crippen molar-refractivity contribution in [1.29, 1.82) is 0 Å². The zero-order chi connectivity index (χ0) is 16.5. The van der Waals surface area contributed by atoms with E-state index in [1.54, 1.807) is 0 Å². The Morgan fingerprint density at radius 2 is 2.05 bits per heavy atom. The summed E-state index contributed by atoms with van der Waals surface area (Å²) in [4.78, 5) is 27.1. The minimum atomic E-state index is -4.07. The number of fused-ring (bicyclic) bond motifs is 1. The predicted octanol–water partition coefficient (Wildman–Crippen LogP) is 1.87. The predicted molar refractivity (Wildman–Crippen MR) is 88.2 cm³/mol. The van der Waals surface area contributed by atoms with Crippen LogP contribution in [-0.2, 0) is 26.0 Å². The van der Waals surface area contributed by atoms with Crippen LogP contribution in [0.2, 0.25) is 0 Å². The Morgan fingerprint density at radius 3 is 2.64 bits per heavy atom. The van der Waals surface area contributed by atoms with Crippen molar-refractivity contribution in [2.45, 2.75) is 20.4 Å². The van der Waals surface area contributed by atoms with Crippen LogP contribution in [0.4, 0.5) is 0 Å². The van der Waals surface area contributed by atoms with Crippen molar-refractivity contribution in [2.75, 3.05) is 5.75 Å². The van der Waals surface area contributed by atoms with Gasteiger partial charge in [-0.15, -0.1) is 0 Å². The summed E-state index contributed by atoms with van der Waals surface area (Å²) in [5.41, 5.74) is 0.914. The molecule has 0 unspecified atom stereocenters. The van der Waals surface area contributed by atoms with Gasteiger partial charge in [-0.3, -0.25) is 9.59 Å². The summed E-state index contributed by atoms with van der Waals surface area (Å²) < 4.78 is 26.6. The number of hydrogen-bond acceptors (Lipinski definition) is 5. The molecule has 0 aliphatic rings. The van der Waals surface area contributed by atoms with Gasteiger partial charge < -0.3 is 4.57 Å². The van der Waals surface area contributed by atoms with Crippen LogP contribution in [0.15, 0.2) is 27.7 Å². The van der Waals surface area contributed by atoms with Gasteiger partial charge in [-0.1, -0.05) is 27.3 Å². The lowest BCUT2D eigenvalue weighted by molar-refractivity contribution is -0.116. The number of thiazole rings is 1. The van der Waals surface area contributed by atoms with Crippen LogP contribution >= 0.6 is 27.3 Å². The summed E-state index contributed by atoms with van der Waals surface area (Å²) in [5, 5.41) is -1.03. The van der Waals surface area contributed by atoms with E-state index in [2.05, 4.69) is 20.9 Å². The summed E-state index contributed by atoms with van der Waals surface area (Å²) in [5.74, 6) is -1.74. The second kappa shape index (κ2) is 6.43. The molecule has 0 saturated heterocycles. The third kappa shape index (κ3) is 3.53. The maximum absolute atomic E-state index is 11.8. The van der Waals surface area contributed by atoms with Gasteiger partial charge in [0.1, 0.15) is 5.75 Å². The number of carbonyl (C=O) groups is 2. The van der Waals surface area contributed by atoms with Crippen LogP contribution < -0.4 is 4.80 Å². The van der Waals surface area contributed by atoms with E-state index in [0.29, 0.717) is 11.3 Å². The van der Waals surface area contributed by atoms with Gasteiger partial charge in [0.25, 0.3) is 5.91 Å². The first kappa shape index (κ1) is 17.0. The molecule has 0 spiro atoms. The number of amides is 1. The van der Waals surface area contributed by atoms with E-state index in [4.69, 9.17) is 0 Å². The molecule has 1 amide bonds. The maximum Gasteiger partial charge on any atom is 0.264 e. The molecule has 22 heavy (non-hydrogen) atoms. The van der Waals surface area contributed by atoms with Crippen molar-refractivity contribution in [3.05, 3.63) is 27.5 Å². The fourth-order valence-electron chi connectivity index (χ4n) is 1.84. The van der Waals surface area contributed by atoms with Crippen LogP contribution in [0, 0.1) is 0 Å². The number of rotatable bonds is 3. The number of benzene rings is 1. The topological polar surface area (TPSA) is 85.6 Å². The van der Waals surface area contributed by atoms with E-state index in [0.717, 1.165) is 21.6 Å². The Bertz CT molecular complexity index is 925. The molecule has 0 bridgehead atoms. The van der Waals surface area contributed by atoms with Crippen molar-refractivity contribution in [1.82, 2.24) is 4.57 Å². The molecule has 118 valence electrons. The zero-order valence-electron chi connectivity index (χ0n) is 11.9. The second-order valence-electron chi connectivity index (χ2n) is 4.50. The Labute approximate surface area is 139 Å². The van der Waals surface area contributed by atoms with Crippen molar-refractivity contribution in [3.63, 3.8) is 0 Å². The Hall–Kier alpha value is -1.32. The average molecular weight is 405 g/mol. The molecule has 0 atom stereocenters. The van der Waals surface area contributed by atoms with Crippen molar-refractivity contribution < 1.29 is 18.0 Å². The number of aromatic nitrogens is 1. The van der Waals surface area contributed by atoms with E-state index in [1.807, 2.05) is 29.7 Å². The first-order valence-electron chi connectivity index (χ1n) is 6.34. The van der Waals surface area contributed by atoms with Gasteiger partial charge in [0.15, 0.2) is 4.80 Å². The van der Waals surface area contributed by atoms with Gasteiger partial charge in [0, 0.05) is 17.9 Å². The smallest absolute Gasteiger partial charge is 0.264 e. The van der Waals surface area contributed by atoms with Crippen LogP contribution in [0.25, 0.3) is 10.2 Å². The monoisotopic (exact) mass is 404 g/mol. The first-order valence-corrected chi connectivity index (χ1v) is 9.60. The highest BCUT2D eigenvalue weighted by Crippen LogP contribution is 2.22. The van der Waals surface area contributed by atoms with E-state index in [9.17, 15) is 18.0 Å². The van der Waals surface area contributed by atoms with E-state index >= 15 is 0 Å². The van der Waals surface area contributed by atoms with Crippen LogP contribution in [-0.4, -0.2) is 29.8 Å². The minimum Gasteiger partial charge on any atom is -0.317 e. The van der Waals surface area contributed by atoms with Gasteiger partial charge in [0.2, 0.25) is 15.0 Å². The van der Waals surface area contributed by atoms with Crippen LogP contribution in [0.3, 0.4) is 0 Å². The molecule has 0 N–H and O–H groups in total. The zero-order valence-corrected chi connectivity index (χ0v) is 15.1. The molecule has 9 heteroatoms. The normalized spacial score (nSPS) is 12.8. The lowest BCUT2D eigenvalue weighted by Crippen LogP contribution is -2.23. The SMILES string of the molecule is CCn1c(=NC(=O)CS(=O)(=O)C(C)=O)sc2cc(Br)ccc21. The van der Waals surface area contributed by atoms with Gasteiger partial charge in [-0.05, 0) is 25.1 Å². The van der Waals surface area contributed by atoms with Gasteiger partial charge in [-0.2, -0.15) is 4.99 Å². The van der Waals surface area contributed by atoms with Crippen molar-refractivity contribution >= 4 is 58.3 Å². The molecule has 0 aliphatic heterocycles. The third-order valence-corrected chi connectivity index (χ3v) is 5.97. The summed E-state index contributed by atoms with van der Waals surface area (Å²) in [6, 6.07) is 5.68. The quantitative estimate of drug-likeness (QED) is 0.781. The highest BCUT2D eigenvalue weighted by atomic mass is 79.9. The second-order valence-corrected chi connectivity index (χ2v) is 8.52. The molecule has 1 aromatic carbocycles. The van der Waals surface area contributed by atoms with Crippen molar-refractivity contribution in [2.24, 2.45) is 4.99 Å². The molecule has 1 heterocycles. The molecule has 2 aromatic rings. The fourth-order valence-corrected chi connectivity index (χ4v) is 4.10. The molecule has 0 aliphatic carbocycles. The highest BCUT2D eigenvalue weighted by molar-refractivity contribution is 9.10. The third-order valence-electron chi connectivity index (χ3n) is 2.93. The number of hydrogen-bond donors (Lipinski definition) is 0. The molecule has 2 rings (SSSR count).